The molecule has 2 heterocycles. The summed E-state index contributed by atoms with van der Waals surface area (Å²) < 4.78 is 5.12. The van der Waals surface area contributed by atoms with Gasteiger partial charge in [-0.2, -0.15) is 5.26 Å². The maximum Gasteiger partial charge on any atom is 0.229 e. The predicted molar refractivity (Wildman–Crippen MR) is 104 cm³/mol. The van der Waals surface area contributed by atoms with Crippen molar-refractivity contribution in [2.45, 2.75) is 12.8 Å². The Hall–Kier alpha value is -3.04. The lowest BCUT2D eigenvalue weighted by atomic mass is 9.99. The van der Waals surface area contributed by atoms with Crippen LogP contribution in [0.15, 0.2) is 42.6 Å². The van der Waals surface area contributed by atoms with E-state index in [2.05, 4.69) is 22.6 Å². The van der Waals surface area contributed by atoms with Gasteiger partial charge in [0.1, 0.15) is 16.6 Å². The number of aromatic nitrogens is 1. The predicted octanol–water partition coefficient (Wildman–Crippen LogP) is 3.49. The fourth-order valence-electron chi connectivity index (χ4n) is 2.89. The summed E-state index contributed by atoms with van der Waals surface area (Å²) in [5, 5.41) is 12.2. The normalized spacial score (nSPS) is 13.5. The number of carbonyl (C=O) groups is 1. The molecule has 1 aliphatic heterocycles. The Kier molecular flexibility index (Phi) is 5.94. The van der Waals surface area contributed by atoms with Crippen LogP contribution in [0.5, 0.6) is 5.75 Å². The zero-order valence-corrected chi connectivity index (χ0v) is 15.7. The van der Waals surface area contributed by atoms with Gasteiger partial charge in [0.15, 0.2) is 6.19 Å². The van der Waals surface area contributed by atoms with Crippen molar-refractivity contribution in [2.24, 2.45) is 0 Å². The van der Waals surface area contributed by atoms with Crippen LogP contribution in [-0.2, 0) is 11.2 Å². The highest BCUT2D eigenvalue weighted by atomic mass is 35.5. The lowest BCUT2D eigenvalue weighted by molar-refractivity contribution is -0.115. The molecule has 6 nitrogen and oxygen atoms in total. The third-order valence-corrected chi connectivity index (χ3v) is 4.57. The topological polar surface area (TPSA) is 78.2 Å². The Morgan fingerprint density at radius 3 is 2.89 bits per heavy atom. The van der Waals surface area contributed by atoms with Gasteiger partial charge in [-0.1, -0.05) is 41.9 Å². The molecule has 138 valence electrons. The number of carbonyl (C=O) groups excluding carboxylic acids is 1. The van der Waals surface area contributed by atoms with Gasteiger partial charge in [0.25, 0.3) is 0 Å². The Morgan fingerprint density at radius 1 is 1.41 bits per heavy atom. The first kappa shape index (κ1) is 18.7. The van der Waals surface area contributed by atoms with Gasteiger partial charge in [0.05, 0.1) is 26.3 Å². The van der Waals surface area contributed by atoms with E-state index in [4.69, 9.17) is 21.6 Å². The van der Waals surface area contributed by atoms with Crippen LogP contribution in [0.4, 0.5) is 5.82 Å². The summed E-state index contributed by atoms with van der Waals surface area (Å²) in [5.74, 6) is 0.674. The molecule has 0 fully saturated rings. The molecule has 1 aromatic heterocycles. The summed E-state index contributed by atoms with van der Waals surface area (Å²) in [7, 11) is 1.51. The maximum atomic E-state index is 12.3. The van der Waals surface area contributed by atoms with Gasteiger partial charge in [-0.25, -0.2) is 4.98 Å². The highest BCUT2D eigenvalue weighted by molar-refractivity contribution is 6.32. The largest absolute Gasteiger partial charge is 0.495 e. The minimum absolute atomic E-state index is 0.174. The number of halogens is 1. The molecule has 0 bridgehead atoms. The molecule has 1 amide bonds. The number of benzene rings is 1. The number of hydrogen-bond donors (Lipinski definition) is 1. The number of ether oxygens (including phenoxy) is 1. The summed E-state index contributed by atoms with van der Waals surface area (Å²) >= 11 is 5.93. The van der Waals surface area contributed by atoms with E-state index < -0.39 is 0 Å². The van der Waals surface area contributed by atoms with Crippen molar-refractivity contribution >= 4 is 28.9 Å². The second-order valence-electron chi connectivity index (χ2n) is 6.17. The quantitative estimate of drug-likeness (QED) is 0.801. The molecule has 27 heavy (non-hydrogen) atoms. The van der Waals surface area contributed by atoms with Crippen LogP contribution >= 0.6 is 11.6 Å². The second kappa shape index (κ2) is 8.56. The zero-order chi connectivity index (χ0) is 19.2. The Morgan fingerprint density at radius 2 is 2.19 bits per heavy atom. The van der Waals surface area contributed by atoms with Crippen molar-refractivity contribution in [3.05, 3.63) is 58.8 Å². The molecule has 1 aliphatic rings. The van der Waals surface area contributed by atoms with Gasteiger partial charge >= 0.3 is 0 Å². The summed E-state index contributed by atoms with van der Waals surface area (Å²) in [5.41, 5.74) is 3.10. The first-order chi connectivity index (χ1) is 13.1. The average molecular weight is 383 g/mol. The van der Waals surface area contributed by atoms with E-state index in [1.165, 1.54) is 13.3 Å². The Bertz CT molecular complexity index is 903. The van der Waals surface area contributed by atoms with Crippen molar-refractivity contribution in [1.29, 1.82) is 5.26 Å². The molecule has 0 spiro atoms. The van der Waals surface area contributed by atoms with E-state index in [1.54, 1.807) is 11.0 Å². The van der Waals surface area contributed by atoms with Crippen LogP contribution in [0.2, 0.25) is 5.02 Å². The standard InChI is InChI=1S/C20H19ClN4O2/c1-27-18-10-19(23-11-17(18)21)24-20(26)9-14-4-6-15(7-5-14)16-3-2-8-25(12-16)13-22/h3-7,10-11H,2,8-9,12H2,1H3,(H,23,24,26). The molecular formula is C20H19ClN4O2. The van der Waals surface area contributed by atoms with Gasteiger partial charge in [0.2, 0.25) is 5.91 Å². The third kappa shape index (κ3) is 4.78. The number of nitrogens with zero attached hydrogens (tertiary/aromatic N) is 3. The van der Waals surface area contributed by atoms with Crippen LogP contribution in [0.3, 0.4) is 0 Å². The number of nitriles is 1. The molecular weight excluding hydrogens is 364 g/mol. The number of pyridine rings is 1. The molecule has 0 unspecified atom stereocenters. The van der Waals surface area contributed by atoms with Crippen LogP contribution in [0, 0.1) is 11.5 Å². The highest BCUT2D eigenvalue weighted by Gasteiger charge is 2.13. The van der Waals surface area contributed by atoms with Gasteiger partial charge in [-0.3, -0.25) is 4.79 Å². The van der Waals surface area contributed by atoms with E-state index in [0.29, 0.717) is 23.1 Å². The molecule has 0 saturated carbocycles. The van der Waals surface area contributed by atoms with Gasteiger partial charge in [0, 0.05) is 12.6 Å². The minimum Gasteiger partial charge on any atom is -0.495 e. The van der Waals surface area contributed by atoms with Crippen LogP contribution in [-0.4, -0.2) is 36.0 Å². The van der Waals surface area contributed by atoms with Crippen LogP contribution < -0.4 is 10.1 Å². The van der Waals surface area contributed by atoms with Crippen LogP contribution in [0.1, 0.15) is 17.5 Å². The zero-order valence-electron chi connectivity index (χ0n) is 14.9. The lowest BCUT2D eigenvalue weighted by Gasteiger charge is -2.22. The fourth-order valence-corrected chi connectivity index (χ4v) is 3.07. The van der Waals surface area contributed by atoms with Crippen molar-refractivity contribution in [3.63, 3.8) is 0 Å². The summed E-state index contributed by atoms with van der Waals surface area (Å²) in [6.07, 6.45) is 6.89. The first-order valence-corrected chi connectivity index (χ1v) is 8.89. The van der Waals surface area contributed by atoms with Crippen molar-refractivity contribution in [3.8, 4) is 11.9 Å². The number of anilines is 1. The number of methoxy groups -OCH3 is 1. The average Bonchev–Trinajstić information content (AvgIpc) is 2.70. The monoisotopic (exact) mass is 382 g/mol. The molecule has 2 aromatic rings. The maximum absolute atomic E-state index is 12.3. The molecule has 0 radical (unpaired) electrons. The summed E-state index contributed by atoms with van der Waals surface area (Å²) in [4.78, 5) is 18.1. The van der Waals surface area contributed by atoms with Gasteiger partial charge < -0.3 is 15.0 Å². The third-order valence-electron chi connectivity index (χ3n) is 4.29. The van der Waals surface area contributed by atoms with Gasteiger partial charge in [-0.05, 0) is 23.1 Å². The summed E-state index contributed by atoms with van der Waals surface area (Å²) in [6.45, 7) is 1.39. The van der Waals surface area contributed by atoms with Crippen LogP contribution in [0.25, 0.3) is 5.57 Å². The molecule has 7 heteroatoms. The molecule has 0 aliphatic carbocycles. The molecule has 0 atom stereocenters. The van der Waals surface area contributed by atoms with E-state index in [1.807, 2.05) is 24.3 Å². The fraction of sp³-hybridized carbons (Fsp3) is 0.250. The van der Waals surface area contributed by atoms with E-state index in [9.17, 15) is 4.79 Å². The van der Waals surface area contributed by atoms with E-state index in [0.717, 1.165) is 29.7 Å². The second-order valence-corrected chi connectivity index (χ2v) is 6.57. The molecule has 1 aromatic carbocycles. The molecule has 0 saturated heterocycles. The Balaban J connectivity index is 1.62. The van der Waals surface area contributed by atoms with E-state index >= 15 is 0 Å². The van der Waals surface area contributed by atoms with Crippen molar-refractivity contribution in [2.75, 3.05) is 25.5 Å². The lowest BCUT2D eigenvalue weighted by Crippen LogP contribution is -2.24. The number of hydrogen-bond acceptors (Lipinski definition) is 5. The Labute approximate surface area is 163 Å². The summed E-state index contributed by atoms with van der Waals surface area (Å²) in [6, 6.07) is 9.41. The highest BCUT2D eigenvalue weighted by Crippen LogP contribution is 2.25. The minimum atomic E-state index is -0.174. The SMILES string of the molecule is COc1cc(NC(=O)Cc2ccc(C3=CCCN(C#N)C3)cc2)ncc1Cl. The van der Waals surface area contributed by atoms with Crippen molar-refractivity contribution in [1.82, 2.24) is 9.88 Å². The smallest absolute Gasteiger partial charge is 0.229 e. The van der Waals surface area contributed by atoms with Gasteiger partial charge in [-0.15, -0.1) is 0 Å². The number of amides is 1. The molecule has 1 N–H and O–H groups in total. The number of rotatable bonds is 5. The first-order valence-electron chi connectivity index (χ1n) is 8.51. The van der Waals surface area contributed by atoms with Crippen molar-refractivity contribution < 1.29 is 9.53 Å². The molecule has 3 rings (SSSR count). The van der Waals surface area contributed by atoms with E-state index in [-0.39, 0.29) is 12.3 Å². The number of nitrogens with one attached hydrogen (secondary N) is 1.